The maximum Gasteiger partial charge on any atom is 0.325 e. The highest BCUT2D eigenvalue weighted by Gasteiger charge is 2.23. The molecule has 0 fully saturated rings. The summed E-state index contributed by atoms with van der Waals surface area (Å²) in [6.07, 6.45) is 1.32. The first kappa shape index (κ1) is 18.0. The molecule has 0 heterocycles. The van der Waals surface area contributed by atoms with Crippen molar-refractivity contribution in [3.05, 3.63) is 0 Å². The zero-order valence-corrected chi connectivity index (χ0v) is 11.1. The van der Waals surface area contributed by atoms with Crippen molar-refractivity contribution in [2.75, 3.05) is 19.4 Å². The summed E-state index contributed by atoms with van der Waals surface area (Å²) < 4.78 is 29.4. The van der Waals surface area contributed by atoms with Crippen molar-refractivity contribution in [3.63, 3.8) is 0 Å². The lowest BCUT2D eigenvalue weighted by Gasteiger charge is -2.14. The summed E-state index contributed by atoms with van der Waals surface area (Å²) in [4.78, 5) is 11.1. The number of esters is 1. The van der Waals surface area contributed by atoms with Crippen molar-refractivity contribution in [1.82, 2.24) is 4.72 Å². The van der Waals surface area contributed by atoms with Crippen molar-refractivity contribution in [2.24, 2.45) is 5.73 Å². The van der Waals surface area contributed by atoms with Gasteiger partial charge in [0, 0.05) is 6.54 Å². The minimum Gasteiger partial charge on any atom is -0.468 e. The fraction of sp³-hybridized carbons (Fsp3) is 0.875. The van der Waals surface area contributed by atoms with Gasteiger partial charge in [0.05, 0.1) is 12.9 Å². The summed E-state index contributed by atoms with van der Waals surface area (Å²) in [5, 5.41) is 0. The summed E-state index contributed by atoms with van der Waals surface area (Å²) in [5.41, 5.74) is 5.26. The monoisotopic (exact) mass is 274 g/mol. The molecule has 0 radical (unpaired) electrons. The van der Waals surface area contributed by atoms with Gasteiger partial charge in [0.1, 0.15) is 6.04 Å². The second kappa shape index (κ2) is 8.74. The average Bonchev–Trinajstić information content (AvgIpc) is 2.22. The second-order valence-corrected chi connectivity index (χ2v) is 4.98. The van der Waals surface area contributed by atoms with E-state index >= 15 is 0 Å². The first-order valence-corrected chi connectivity index (χ1v) is 6.40. The Bertz CT molecular complexity index is 294. The molecule has 8 heteroatoms. The number of ether oxygens (including phenoxy) is 1. The minimum absolute atomic E-state index is 0. The molecule has 0 aliphatic carbocycles. The van der Waals surface area contributed by atoms with E-state index in [0.29, 0.717) is 6.42 Å². The van der Waals surface area contributed by atoms with Gasteiger partial charge in [-0.2, -0.15) is 4.72 Å². The average molecular weight is 275 g/mol. The number of rotatable bonds is 7. The Labute approximate surface area is 102 Å². The Hall–Kier alpha value is -0.370. The van der Waals surface area contributed by atoms with Crippen LogP contribution in [0, 0.1) is 0 Å². The third kappa shape index (κ3) is 7.00. The molecule has 3 N–H and O–H groups in total. The Morgan fingerprint density at radius 3 is 2.44 bits per heavy atom. The highest BCUT2D eigenvalue weighted by Crippen LogP contribution is 1.96. The first-order valence-electron chi connectivity index (χ1n) is 4.74. The molecular formula is C8H19ClN2O4S. The Morgan fingerprint density at radius 2 is 2.06 bits per heavy atom. The maximum atomic E-state index is 11.4. The Balaban J connectivity index is 0. The van der Waals surface area contributed by atoms with Gasteiger partial charge < -0.3 is 10.5 Å². The van der Waals surface area contributed by atoms with Gasteiger partial charge in [0.25, 0.3) is 0 Å². The van der Waals surface area contributed by atoms with Gasteiger partial charge in [0.2, 0.25) is 10.0 Å². The fourth-order valence-electron chi connectivity index (χ4n) is 0.945. The largest absolute Gasteiger partial charge is 0.468 e. The number of nitrogens with two attached hydrogens (primary N) is 1. The molecule has 0 amide bonds. The minimum atomic E-state index is -3.44. The van der Waals surface area contributed by atoms with E-state index in [1.165, 1.54) is 7.11 Å². The van der Waals surface area contributed by atoms with E-state index in [9.17, 15) is 13.2 Å². The maximum absolute atomic E-state index is 11.4. The van der Waals surface area contributed by atoms with Crippen LogP contribution in [0.5, 0.6) is 0 Å². The van der Waals surface area contributed by atoms with Gasteiger partial charge in [-0.15, -0.1) is 12.4 Å². The number of sulfonamides is 1. The van der Waals surface area contributed by atoms with E-state index in [-0.39, 0.29) is 24.7 Å². The third-order valence-corrected chi connectivity index (χ3v) is 3.28. The lowest BCUT2D eigenvalue weighted by molar-refractivity contribution is -0.142. The summed E-state index contributed by atoms with van der Waals surface area (Å²) in [7, 11) is -2.26. The van der Waals surface area contributed by atoms with Crippen LogP contribution >= 0.6 is 12.4 Å². The number of unbranched alkanes of at least 4 members (excludes halogenated alkanes) is 1. The molecule has 0 saturated carbocycles. The molecule has 0 aromatic heterocycles. The third-order valence-electron chi connectivity index (χ3n) is 1.81. The van der Waals surface area contributed by atoms with Crippen LogP contribution in [-0.2, 0) is 19.6 Å². The predicted molar refractivity (Wildman–Crippen MR) is 63.9 cm³/mol. The van der Waals surface area contributed by atoms with Crippen molar-refractivity contribution in [2.45, 2.75) is 25.8 Å². The van der Waals surface area contributed by atoms with Gasteiger partial charge in [-0.05, 0) is 6.42 Å². The van der Waals surface area contributed by atoms with Crippen LogP contribution in [0.1, 0.15) is 19.8 Å². The molecule has 0 aliphatic heterocycles. The zero-order valence-electron chi connectivity index (χ0n) is 9.43. The van der Waals surface area contributed by atoms with Crippen molar-refractivity contribution in [3.8, 4) is 0 Å². The van der Waals surface area contributed by atoms with Gasteiger partial charge >= 0.3 is 5.97 Å². The number of carbonyl (C=O) groups excluding carboxylic acids is 1. The summed E-state index contributed by atoms with van der Waals surface area (Å²) in [6, 6.07) is -0.989. The predicted octanol–water partition coefficient (Wildman–Crippen LogP) is -0.372. The molecule has 0 aromatic carbocycles. The molecule has 98 valence electrons. The molecular weight excluding hydrogens is 256 g/mol. The van der Waals surface area contributed by atoms with Crippen LogP contribution in [0.3, 0.4) is 0 Å². The summed E-state index contributed by atoms with van der Waals surface area (Å²) in [5.74, 6) is -0.672. The van der Waals surface area contributed by atoms with Crippen molar-refractivity contribution >= 4 is 28.4 Å². The van der Waals surface area contributed by atoms with Crippen LogP contribution in [0.25, 0.3) is 0 Å². The quantitative estimate of drug-likeness (QED) is 0.617. The van der Waals surface area contributed by atoms with Gasteiger partial charge in [-0.25, -0.2) is 8.42 Å². The number of hydrogen-bond acceptors (Lipinski definition) is 5. The second-order valence-electron chi connectivity index (χ2n) is 3.10. The molecule has 6 nitrogen and oxygen atoms in total. The molecule has 0 saturated heterocycles. The van der Waals surface area contributed by atoms with Gasteiger partial charge in [-0.3, -0.25) is 4.79 Å². The van der Waals surface area contributed by atoms with Gasteiger partial charge in [0.15, 0.2) is 0 Å². The fourth-order valence-corrected chi connectivity index (χ4v) is 2.36. The molecule has 0 bridgehead atoms. The number of methoxy groups -OCH3 is 1. The normalized spacial score (nSPS) is 12.7. The number of halogens is 1. The summed E-state index contributed by atoms with van der Waals surface area (Å²) >= 11 is 0. The molecule has 0 spiro atoms. The molecule has 16 heavy (non-hydrogen) atoms. The van der Waals surface area contributed by atoms with Crippen LogP contribution in [0.15, 0.2) is 0 Å². The van der Waals surface area contributed by atoms with Crippen LogP contribution in [0.2, 0.25) is 0 Å². The first-order chi connectivity index (χ1) is 6.96. The molecule has 0 unspecified atom stereocenters. The standard InChI is InChI=1S/C8H18N2O4S.ClH/c1-3-4-5-15(12,13)10-7(6-9)8(11)14-2;/h7,10H,3-6,9H2,1-2H3;1H/t7-;/m0./s1. The van der Waals surface area contributed by atoms with E-state index in [1.54, 1.807) is 0 Å². The van der Waals surface area contributed by atoms with Crippen LogP contribution in [0.4, 0.5) is 0 Å². The lowest BCUT2D eigenvalue weighted by Crippen LogP contribution is -2.47. The SMILES string of the molecule is CCCCS(=O)(=O)N[C@@H](CN)C(=O)OC.Cl. The molecule has 0 aromatic rings. The smallest absolute Gasteiger partial charge is 0.325 e. The van der Waals surface area contributed by atoms with E-state index in [0.717, 1.165) is 6.42 Å². The van der Waals surface area contributed by atoms with Crippen LogP contribution in [-0.4, -0.2) is 39.8 Å². The number of carbonyl (C=O) groups is 1. The lowest BCUT2D eigenvalue weighted by atomic mass is 10.3. The number of hydrogen-bond donors (Lipinski definition) is 2. The van der Waals surface area contributed by atoms with E-state index < -0.39 is 22.0 Å². The molecule has 0 aliphatic rings. The van der Waals surface area contributed by atoms with Crippen LogP contribution < -0.4 is 10.5 Å². The molecule has 1 atom stereocenters. The highest BCUT2D eigenvalue weighted by atomic mass is 35.5. The number of nitrogens with one attached hydrogen (secondary N) is 1. The zero-order chi connectivity index (χ0) is 11.9. The topological polar surface area (TPSA) is 98.5 Å². The Morgan fingerprint density at radius 1 is 1.50 bits per heavy atom. The molecule has 0 rings (SSSR count). The Kier molecular flexibility index (Phi) is 9.84. The van der Waals surface area contributed by atoms with E-state index in [1.807, 2.05) is 6.92 Å². The highest BCUT2D eigenvalue weighted by molar-refractivity contribution is 7.89. The van der Waals surface area contributed by atoms with Crippen molar-refractivity contribution in [1.29, 1.82) is 0 Å². The van der Waals surface area contributed by atoms with E-state index in [2.05, 4.69) is 9.46 Å². The van der Waals surface area contributed by atoms with E-state index in [4.69, 9.17) is 5.73 Å². The van der Waals surface area contributed by atoms with Crippen molar-refractivity contribution < 1.29 is 17.9 Å². The summed E-state index contributed by atoms with van der Waals surface area (Å²) in [6.45, 7) is 1.77. The van der Waals surface area contributed by atoms with Gasteiger partial charge in [-0.1, -0.05) is 13.3 Å².